The Labute approximate surface area is 140 Å². The molecule has 2 N–H and O–H groups in total. The number of nitrogens with zero attached hydrogens (tertiary/aromatic N) is 1. The number of carbonyl (C=O) groups excluding carboxylic acids is 1. The minimum atomic E-state index is -0.455. The molecule has 0 aromatic heterocycles. The van der Waals surface area contributed by atoms with Crippen LogP contribution in [0.15, 0.2) is 24.3 Å². The molecule has 0 spiro atoms. The number of hydrogen-bond acceptors (Lipinski definition) is 3. The van der Waals surface area contributed by atoms with Gasteiger partial charge in [0.25, 0.3) is 0 Å². The second-order valence-corrected chi connectivity index (χ2v) is 6.71. The summed E-state index contributed by atoms with van der Waals surface area (Å²) in [5.41, 5.74) is 7.00. The molecule has 0 aliphatic rings. The molecular formula is C17H29ClN2O2. The van der Waals surface area contributed by atoms with Crippen LogP contribution >= 0.6 is 12.4 Å². The van der Waals surface area contributed by atoms with Crippen LogP contribution in [0.2, 0.25) is 0 Å². The zero-order chi connectivity index (χ0) is 16.0. The van der Waals surface area contributed by atoms with Gasteiger partial charge >= 0.3 is 0 Å². The van der Waals surface area contributed by atoms with Crippen LogP contribution in [0.4, 0.5) is 0 Å². The fourth-order valence-electron chi connectivity index (χ4n) is 2.18. The van der Waals surface area contributed by atoms with Gasteiger partial charge in [0, 0.05) is 13.1 Å². The van der Waals surface area contributed by atoms with Crippen molar-refractivity contribution in [2.45, 2.75) is 40.2 Å². The van der Waals surface area contributed by atoms with Crippen LogP contribution in [0.25, 0.3) is 0 Å². The Kier molecular flexibility index (Phi) is 8.49. The van der Waals surface area contributed by atoms with Gasteiger partial charge in [0.2, 0.25) is 5.91 Å². The molecule has 1 amide bonds. The predicted octanol–water partition coefficient (Wildman–Crippen LogP) is 2.88. The number of methoxy groups -OCH3 is 1. The van der Waals surface area contributed by atoms with Crippen LogP contribution in [-0.4, -0.2) is 37.0 Å². The molecule has 0 saturated heterocycles. The van der Waals surface area contributed by atoms with Crippen molar-refractivity contribution in [1.29, 1.82) is 0 Å². The van der Waals surface area contributed by atoms with Crippen molar-refractivity contribution in [3.8, 4) is 5.75 Å². The van der Waals surface area contributed by atoms with Crippen molar-refractivity contribution in [1.82, 2.24) is 4.90 Å². The van der Waals surface area contributed by atoms with Gasteiger partial charge in [-0.15, -0.1) is 12.4 Å². The van der Waals surface area contributed by atoms with E-state index < -0.39 is 6.04 Å². The number of carbonyl (C=O) groups is 1. The van der Waals surface area contributed by atoms with Gasteiger partial charge in [0.1, 0.15) is 5.75 Å². The molecule has 1 aromatic rings. The monoisotopic (exact) mass is 328 g/mol. The molecule has 22 heavy (non-hydrogen) atoms. The molecule has 1 rings (SSSR count). The number of ether oxygens (including phenoxy) is 1. The second-order valence-electron chi connectivity index (χ2n) is 6.71. The maximum atomic E-state index is 12.2. The smallest absolute Gasteiger partial charge is 0.239 e. The minimum Gasteiger partial charge on any atom is -0.497 e. The molecule has 5 heteroatoms. The number of hydrogen-bond donors (Lipinski definition) is 1. The quantitative estimate of drug-likeness (QED) is 0.873. The summed E-state index contributed by atoms with van der Waals surface area (Å²) in [6.07, 6.45) is 0.818. The van der Waals surface area contributed by atoms with Crippen molar-refractivity contribution in [3.05, 3.63) is 29.8 Å². The van der Waals surface area contributed by atoms with Gasteiger partial charge in [-0.3, -0.25) is 4.79 Å². The summed E-state index contributed by atoms with van der Waals surface area (Å²) in [6.45, 7) is 9.52. The molecule has 0 aliphatic carbocycles. The molecule has 1 atom stereocenters. The van der Waals surface area contributed by atoms with Gasteiger partial charge in [0.05, 0.1) is 13.2 Å². The maximum Gasteiger partial charge on any atom is 0.239 e. The molecule has 0 unspecified atom stereocenters. The summed E-state index contributed by atoms with van der Waals surface area (Å²) in [5, 5.41) is 0. The van der Waals surface area contributed by atoms with Crippen molar-refractivity contribution in [3.63, 3.8) is 0 Å². The third-order valence-corrected chi connectivity index (χ3v) is 3.20. The van der Waals surface area contributed by atoms with Gasteiger partial charge < -0.3 is 15.4 Å². The van der Waals surface area contributed by atoms with Crippen molar-refractivity contribution >= 4 is 18.3 Å². The van der Waals surface area contributed by atoms with Crippen LogP contribution in [0, 0.1) is 5.41 Å². The van der Waals surface area contributed by atoms with Crippen molar-refractivity contribution in [2.24, 2.45) is 11.1 Å². The highest BCUT2D eigenvalue weighted by Crippen LogP contribution is 2.17. The molecule has 0 heterocycles. The van der Waals surface area contributed by atoms with E-state index >= 15 is 0 Å². The van der Waals surface area contributed by atoms with E-state index in [1.54, 1.807) is 14.0 Å². The van der Waals surface area contributed by atoms with E-state index in [2.05, 4.69) is 20.8 Å². The zero-order valence-electron chi connectivity index (χ0n) is 14.3. The average Bonchev–Trinajstić information content (AvgIpc) is 2.41. The molecule has 0 bridgehead atoms. The summed E-state index contributed by atoms with van der Waals surface area (Å²) < 4.78 is 5.15. The van der Waals surface area contributed by atoms with E-state index in [1.165, 1.54) is 5.56 Å². The molecule has 0 aliphatic heterocycles. The fraction of sp³-hybridized carbons (Fsp3) is 0.588. The van der Waals surface area contributed by atoms with Crippen LogP contribution < -0.4 is 10.5 Å². The number of rotatable bonds is 6. The van der Waals surface area contributed by atoms with Crippen LogP contribution in [-0.2, 0) is 11.2 Å². The highest BCUT2D eigenvalue weighted by atomic mass is 35.5. The first kappa shape index (κ1) is 20.7. The first-order valence-corrected chi connectivity index (χ1v) is 7.40. The first-order valence-electron chi connectivity index (χ1n) is 7.40. The standard InChI is InChI=1S/C17H28N2O2.ClH/c1-13(18)16(20)19(12-17(2,3)4)11-10-14-6-8-15(21-5)9-7-14;/h6-9,13H,10-12,18H2,1-5H3;1H/t13-;/m1./s1. The van der Waals surface area contributed by atoms with Gasteiger partial charge in [-0.2, -0.15) is 0 Å². The summed E-state index contributed by atoms with van der Waals surface area (Å²) in [7, 11) is 1.65. The summed E-state index contributed by atoms with van der Waals surface area (Å²) >= 11 is 0. The molecule has 126 valence electrons. The molecule has 0 fully saturated rings. The summed E-state index contributed by atoms with van der Waals surface area (Å²) in [4.78, 5) is 14.1. The summed E-state index contributed by atoms with van der Waals surface area (Å²) in [6, 6.07) is 7.49. The van der Waals surface area contributed by atoms with Crippen molar-refractivity contribution < 1.29 is 9.53 Å². The topological polar surface area (TPSA) is 55.6 Å². The number of amides is 1. The zero-order valence-corrected chi connectivity index (χ0v) is 15.1. The lowest BCUT2D eigenvalue weighted by molar-refractivity contribution is -0.133. The Balaban J connectivity index is 0.00000441. The van der Waals surface area contributed by atoms with Gasteiger partial charge in [-0.1, -0.05) is 32.9 Å². The Bertz CT molecular complexity index is 453. The SMILES string of the molecule is COc1ccc(CCN(CC(C)(C)C)C(=O)[C@@H](C)N)cc1.Cl. The van der Waals surface area contributed by atoms with Crippen LogP contribution in [0.5, 0.6) is 5.75 Å². The lowest BCUT2D eigenvalue weighted by Gasteiger charge is -2.31. The molecule has 0 saturated carbocycles. The van der Waals surface area contributed by atoms with Crippen LogP contribution in [0.1, 0.15) is 33.3 Å². The minimum absolute atomic E-state index is 0. The van der Waals surface area contributed by atoms with E-state index in [9.17, 15) is 4.79 Å². The number of halogens is 1. The number of benzene rings is 1. The Hall–Kier alpha value is -1.26. The van der Waals surface area contributed by atoms with Crippen molar-refractivity contribution in [2.75, 3.05) is 20.2 Å². The maximum absolute atomic E-state index is 12.2. The predicted molar refractivity (Wildman–Crippen MR) is 93.6 cm³/mol. The lowest BCUT2D eigenvalue weighted by atomic mass is 9.95. The normalized spacial score (nSPS) is 12.3. The van der Waals surface area contributed by atoms with E-state index in [0.29, 0.717) is 13.1 Å². The van der Waals surface area contributed by atoms with Crippen LogP contribution in [0.3, 0.4) is 0 Å². The first-order chi connectivity index (χ1) is 9.73. The highest BCUT2D eigenvalue weighted by molar-refractivity contribution is 5.85. The third-order valence-electron chi connectivity index (χ3n) is 3.20. The molecular weight excluding hydrogens is 300 g/mol. The average molecular weight is 329 g/mol. The molecule has 1 aromatic carbocycles. The van der Waals surface area contributed by atoms with Gasteiger partial charge in [-0.25, -0.2) is 0 Å². The molecule has 0 radical (unpaired) electrons. The third kappa shape index (κ3) is 7.14. The largest absolute Gasteiger partial charge is 0.497 e. The second kappa shape index (κ2) is 9.01. The summed E-state index contributed by atoms with van der Waals surface area (Å²) in [5.74, 6) is 0.857. The Morgan fingerprint density at radius 2 is 1.82 bits per heavy atom. The Morgan fingerprint density at radius 1 is 1.27 bits per heavy atom. The van der Waals surface area contributed by atoms with Gasteiger partial charge in [-0.05, 0) is 36.5 Å². The van der Waals surface area contributed by atoms with E-state index in [0.717, 1.165) is 12.2 Å². The van der Waals surface area contributed by atoms with Gasteiger partial charge in [0.15, 0.2) is 0 Å². The lowest BCUT2D eigenvalue weighted by Crippen LogP contribution is -2.46. The highest BCUT2D eigenvalue weighted by Gasteiger charge is 2.22. The van der Waals surface area contributed by atoms with E-state index in [-0.39, 0.29) is 23.7 Å². The number of nitrogens with two attached hydrogens (primary N) is 1. The Morgan fingerprint density at radius 3 is 2.23 bits per heavy atom. The fourth-order valence-corrected chi connectivity index (χ4v) is 2.18. The van der Waals surface area contributed by atoms with E-state index in [1.807, 2.05) is 29.2 Å². The van der Waals surface area contributed by atoms with E-state index in [4.69, 9.17) is 10.5 Å². The molecule has 4 nitrogen and oxygen atoms in total.